The molecule has 2 N–H and O–H groups in total. The zero-order chi connectivity index (χ0) is 20.3. The number of ether oxygens (including phenoxy) is 2. The van der Waals surface area contributed by atoms with Crippen LogP contribution in [0.4, 0.5) is 0 Å². The Balaban J connectivity index is 1.29. The van der Waals surface area contributed by atoms with E-state index in [2.05, 4.69) is 57.8 Å². The van der Waals surface area contributed by atoms with Crippen molar-refractivity contribution in [1.82, 2.24) is 15.5 Å². The van der Waals surface area contributed by atoms with Crippen molar-refractivity contribution in [3.8, 4) is 0 Å². The second-order valence-corrected chi connectivity index (χ2v) is 8.23. The van der Waals surface area contributed by atoms with Crippen molar-refractivity contribution in [1.29, 1.82) is 0 Å². The van der Waals surface area contributed by atoms with E-state index >= 15 is 0 Å². The molecule has 2 aliphatic heterocycles. The Kier molecular flexibility index (Phi) is 9.25. The topological polar surface area (TPSA) is 58.1 Å². The van der Waals surface area contributed by atoms with Crippen LogP contribution in [0.3, 0.4) is 0 Å². The van der Waals surface area contributed by atoms with Crippen LogP contribution in [0.25, 0.3) is 0 Å². The quantitative estimate of drug-likeness (QED) is 0.378. The first-order valence-electron chi connectivity index (χ1n) is 11.2. The first kappa shape index (κ1) is 22.1. The molecule has 1 aromatic rings. The number of nitrogens with zero attached hydrogens (tertiary/aromatic N) is 2. The molecular formula is C23H38N4O2. The highest BCUT2D eigenvalue weighted by molar-refractivity contribution is 5.79. The molecule has 0 aromatic heterocycles. The summed E-state index contributed by atoms with van der Waals surface area (Å²) in [6.07, 6.45) is 5.87. The van der Waals surface area contributed by atoms with E-state index in [0.717, 1.165) is 71.1 Å². The molecule has 6 nitrogen and oxygen atoms in total. The van der Waals surface area contributed by atoms with Crippen molar-refractivity contribution in [3.05, 3.63) is 35.9 Å². The van der Waals surface area contributed by atoms with Gasteiger partial charge in [0.2, 0.25) is 0 Å². The second-order valence-electron chi connectivity index (χ2n) is 8.23. The summed E-state index contributed by atoms with van der Waals surface area (Å²) >= 11 is 0. The summed E-state index contributed by atoms with van der Waals surface area (Å²) in [6.45, 7) is 7.73. The first-order chi connectivity index (χ1) is 14.2. The van der Waals surface area contributed by atoms with Crippen LogP contribution in [0, 0.1) is 0 Å². The van der Waals surface area contributed by atoms with Gasteiger partial charge in [-0.1, -0.05) is 30.3 Å². The molecule has 3 unspecified atom stereocenters. The zero-order valence-electron chi connectivity index (χ0n) is 18.1. The lowest BCUT2D eigenvalue weighted by Crippen LogP contribution is -2.51. The molecule has 2 aliphatic rings. The van der Waals surface area contributed by atoms with Crippen molar-refractivity contribution in [3.63, 3.8) is 0 Å². The minimum Gasteiger partial charge on any atom is -0.379 e. The molecule has 162 valence electrons. The number of benzene rings is 1. The van der Waals surface area contributed by atoms with E-state index < -0.39 is 0 Å². The molecule has 0 spiro atoms. The van der Waals surface area contributed by atoms with E-state index in [1.165, 1.54) is 12.0 Å². The fraction of sp³-hybridized carbons (Fsp3) is 0.696. The molecule has 1 aromatic carbocycles. The molecule has 2 fully saturated rings. The first-order valence-corrected chi connectivity index (χ1v) is 11.2. The minimum atomic E-state index is 0.312. The third kappa shape index (κ3) is 7.61. The third-order valence-corrected chi connectivity index (χ3v) is 5.89. The molecule has 6 heteroatoms. The molecule has 3 rings (SSSR count). The minimum absolute atomic E-state index is 0.312. The summed E-state index contributed by atoms with van der Waals surface area (Å²) in [4.78, 5) is 6.97. The lowest BCUT2D eigenvalue weighted by atomic mass is 9.97. The Morgan fingerprint density at radius 2 is 2.14 bits per heavy atom. The zero-order valence-corrected chi connectivity index (χ0v) is 18.1. The largest absolute Gasteiger partial charge is 0.379 e. The Morgan fingerprint density at radius 3 is 2.86 bits per heavy atom. The van der Waals surface area contributed by atoms with Crippen LogP contribution in [0.15, 0.2) is 35.3 Å². The van der Waals surface area contributed by atoms with Gasteiger partial charge >= 0.3 is 0 Å². The van der Waals surface area contributed by atoms with Gasteiger partial charge in [-0.25, -0.2) is 0 Å². The summed E-state index contributed by atoms with van der Waals surface area (Å²) in [5, 5.41) is 7.03. The molecule has 2 heterocycles. The van der Waals surface area contributed by atoms with Gasteiger partial charge < -0.3 is 20.1 Å². The van der Waals surface area contributed by atoms with Crippen molar-refractivity contribution < 1.29 is 9.47 Å². The van der Waals surface area contributed by atoms with Gasteiger partial charge in [0.1, 0.15) is 0 Å². The van der Waals surface area contributed by atoms with Crippen LogP contribution in [0.2, 0.25) is 0 Å². The van der Waals surface area contributed by atoms with Gasteiger partial charge in [-0.15, -0.1) is 0 Å². The standard InChI is InChI=1S/C23H38N4O2/c1-19-16-21(11-13-27(19)17-20-8-4-3-5-9-20)26-23(24-2)25-12-7-14-28-18-22-10-6-15-29-22/h3-5,8-9,19,21-22H,6-7,10-18H2,1-2H3,(H2,24,25,26). The highest BCUT2D eigenvalue weighted by Crippen LogP contribution is 2.20. The van der Waals surface area contributed by atoms with Crippen LogP contribution < -0.4 is 10.6 Å². The number of nitrogens with one attached hydrogen (secondary N) is 2. The Bertz CT molecular complexity index is 604. The summed E-state index contributed by atoms with van der Waals surface area (Å²) < 4.78 is 11.3. The van der Waals surface area contributed by atoms with Crippen LogP contribution in [-0.2, 0) is 16.0 Å². The number of hydrogen-bond acceptors (Lipinski definition) is 4. The van der Waals surface area contributed by atoms with E-state index in [-0.39, 0.29) is 0 Å². The van der Waals surface area contributed by atoms with Crippen LogP contribution >= 0.6 is 0 Å². The summed E-state index contributed by atoms with van der Waals surface area (Å²) in [5.74, 6) is 0.901. The maximum atomic E-state index is 5.73. The predicted molar refractivity (Wildman–Crippen MR) is 118 cm³/mol. The van der Waals surface area contributed by atoms with Gasteiger partial charge in [-0.3, -0.25) is 9.89 Å². The summed E-state index contributed by atoms with van der Waals surface area (Å²) in [6, 6.07) is 11.8. The monoisotopic (exact) mass is 402 g/mol. The molecule has 3 atom stereocenters. The Morgan fingerprint density at radius 1 is 1.28 bits per heavy atom. The fourth-order valence-corrected chi connectivity index (χ4v) is 4.16. The summed E-state index contributed by atoms with van der Waals surface area (Å²) in [7, 11) is 1.84. The Hall–Kier alpha value is -1.63. The maximum Gasteiger partial charge on any atom is 0.191 e. The van der Waals surface area contributed by atoms with Crippen molar-refractivity contribution in [2.24, 2.45) is 4.99 Å². The average Bonchev–Trinajstić information content (AvgIpc) is 3.26. The smallest absolute Gasteiger partial charge is 0.191 e. The van der Waals surface area contributed by atoms with Crippen LogP contribution in [0.5, 0.6) is 0 Å². The highest BCUT2D eigenvalue weighted by atomic mass is 16.5. The van der Waals surface area contributed by atoms with Gasteiger partial charge in [0.05, 0.1) is 12.7 Å². The summed E-state index contributed by atoms with van der Waals surface area (Å²) in [5.41, 5.74) is 1.39. The van der Waals surface area contributed by atoms with E-state index in [9.17, 15) is 0 Å². The number of piperidine rings is 1. The molecule has 0 bridgehead atoms. The molecule has 0 aliphatic carbocycles. The van der Waals surface area contributed by atoms with E-state index in [1.54, 1.807) is 0 Å². The van der Waals surface area contributed by atoms with Crippen LogP contribution in [-0.4, -0.2) is 69.0 Å². The average molecular weight is 403 g/mol. The number of aliphatic imine (C=N–C) groups is 1. The fourth-order valence-electron chi connectivity index (χ4n) is 4.16. The predicted octanol–water partition coefficient (Wildman–Crippen LogP) is 2.79. The number of likely N-dealkylation sites (tertiary alicyclic amines) is 1. The van der Waals surface area contributed by atoms with Gasteiger partial charge in [-0.2, -0.15) is 0 Å². The van der Waals surface area contributed by atoms with Gasteiger partial charge in [0.15, 0.2) is 5.96 Å². The van der Waals surface area contributed by atoms with Crippen molar-refractivity contribution in [2.45, 2.75) is 63.8 Å². The molecule has 0 saturated carbocycles. The van der Waals surface area contributed by atoms with Gasteiger partial charge in [0.25, 0.3) is 0 Å². The lowest BCUT2D eigenvalue weighted by Gasteiger charge is -2.38. The van der Waals surface area contributed by atoms with Crippen molar-refractivity contribution in [2.75, 3.05) is 40.0 Å². The highest BCUT2D eigenvalue weighted by Gasteiger charge is 2.25. The number of hydrogen-bond donors (Lipinski definition) is 2. The third-order valence-electron chi connectivity index (χ3n) is 5.89. The second kappa shape index (κ2) is 12.2. The molecule has 2 saturated heterocycles. The van der Waals surface area contributed by atoms with Crippen molar-refractivity contribution >= 4 is 5.96 Å². The number of rotatable bonds is 9. The molecule has 29 heavy (non-hydrogen) atoms. The van der Waals surface area contributed by atoms with Crippen LogP contribution in [0.1, 0.15) is 44.6 Å². The molecule has 0 amide bonds. The van der Waals surface area contributed by atoms with Gasteiger partial charge in [0, 0.05) is 52.0 Å². The number of guanidine groups is 1. The molecule has 0 radical (unpaired) electrons. The van der Waals surface area contributed by atoms with E-state index in [1.807, 2.05) is 7.05 Å². The van der Waals surface area contributed by atoms with Gasteiger partial charge in [-0.05, 0) is 44.6 Å². The normalized spacial score (nSPS) is 25.9. The SMILES string of the molecule is CN=C(NCCCOCC1CCCO1)NC1CCN(Cc2ccccc2)C(C)C1. The lowest BCUT2D eigenvalue weighted by molar-refractivity contribution is 0.0168. The Labute approximate surface area is 176 Å². The molecular weight excluding hydrogens is 364 g/mol. The van der Waals surface area contributed by atoms with E-state index in [4.69, 9.17) is 9.47 Å². The van der Waals surface area contributed by atoms with E-state index in [0.29, 0.717) is 18.2 Å². The maximum absolute atomic E-state index is 5.73.